The van der Waals surface area contributed by atoms with Crippen LogP contribution in [0.5, 0.6) is 0 Å². The van der Waals surface area contributed by atoms with Gasteiger partial charge in [-0.25, -0.2) is 4.68 Å². The molecule has 0 atom stereocenters. The van der Waals surface area contributed by atoms with E-state index in [2.05, 4.69) is 73.2 Å². The summed E-state index contributed by atoms with van der Waals surface area (Å²) < 4.78 is 2.12. The third-order valence-electron chi connectivity index (χ3n) is 5.00. The summed E-state index contributed by atoms with van der Waals surface area (Å²) in [6.07, 6.45) is 3.49. The van der Waals surface area contributed by atoms with E-state index in [0.29, 0.717) is 0 Å². The summed E-state index contributed by atoms with van der Waals surface area (Å²) in [5, 5.41) is 8.70. The molecule has 3 nitrogen and oxygen atoms in total. The van der Waals surface area contributed by atoms with Crippen molar-refractivity contribution in [2.75, 3.05) is 11.9 Å². The van der Waals surface area contributed by atoms with Crippen LogP contribution in [-0.4, -0.2) is 16.3 Å². The number of aryl methyl sites for hydroxylation is 3. The number of benzene rings is 2. The van der Waals surface area contributed by atoms with E-state index in [0.717, 1.165) is 24.3 Å². The SMILES string of the molecule is Cc1cccc(-c2nn(-c3ccc(C)cc3C)c3c2CCCCN3)c1. The van der Waals surface area contributed by atoms with Crippen LogP contribution < -0.4 is 5.32 Å². The van der Waals surface area contributed by atoms with Crippen molar-refractivity contribution in [1.29, 1.82) is 0 Å². The fourth-order valence-electron chi connectivity index (χ4n) is 3.74. The van der Waals surface area contributed by atoms with Gasteiger partial charge in [-0.2, -0.15) is 5.10 Å². The number of anilines is 1. The van der Waals surface area contributed by atoms with Gasteiger partial charge in [0.2, 0.25) is 0 Å². The van der Waals surface area contributed by atoms with Gasteiger partial charge in [-0.1, -0.05) is 41.5 Å². The third-order valence-corrected chi connectivity index (χ3v) is 5.00. The van der Waals surface area contributed by atoms with Crippen LogP contribution in [0.4, 0.5) is 5.82 Å². The van der Waals surface area contributed by atoms with Crippen LogP contribution in [0.3, 0.4) is 0 Å². The molecule has 0 spiro atoms. The van der Waals surface area contributed by atoms with Crippen molar-refractivity contribution >= 4 is 5.82 Å². The Bertz CT molecular complexity index is 921. The lowest BCUT2D eigenvalue weighted by Gasteiger charge is -2.12. The average molecular weight is 331 g/mol. The maximum absolute atomic E-state index is 5.06. The van der Waals surface area contributed by atoms with Gasteiger partial charge in [-0.3, -0.25) is 0 Å². The van der Waals surface area contributed by atoms with Gasteiger partial charge in [0.15, 0.2) is 0 Å². The minimum Gasteiger partial charge on any atom is -0.370 e. The van der Waals surface area contributed by atoms with E-state index < -0.39 is 0 Å². The van der Waals surface area contributed by atoms with Crippen LogP contribution in [0.15, 0.2) is 42.5 Å². The van der Waals surface area contributed by atoms with E-state index in [1.165, 1.54) is 46.5 Å². The van der Waals surface area contributed by atoms with E-state index >= 15 is 0 Å². The Kier molecular flexibility index (Phi) is 4.08. The van der Waals surface area contributed by atoms with Crippen molar-refractivity contribution in [1.82, 2.24) is 9.78 Å². The molecule has 0 bridgehead atoms. The highest BCUT2D eigenvalue weighted by molar-refractivity contribution is 5.72. The molecule has 128 valence electrons. The zero-order valence-electron chi connectivity index (χ0n) is 15.3. The van der Waals surface area contributed by atoms with Crippen molar-refractivity contribution in [3.05, 3.63) is 64.7 Å². The molecule has 0 radical (unpaired) electrons. The first-order chi connectivity index (χ1) is 12.1. The molecule has 0 unspecified atom stereocenters. The summed E-state index contributed by atoms with van der Waals surface area (Å²) in [6.45, 7) is 7.45. The minimum absolute atomic E-state index is 1.01. The topological polar surface area (TPSA) is 29.9 Å². The van der Waals surface area contributed by atoms with Gasteiger partial charge in [0.1, 0.15) is 5.82 Å². The Labute approximate surface area is 149 Å². The van der Waals surface area contributed by atoms with E-state index in [1.807, 2.05) is 0 Å². The van der Waals surface area contributed by atoms with Crippen LogP contribution in [0.2, 0.25) is 0 Å². The number of rotatable bonds is 2. The Morgan fingerprint density at radius 3 is 2.60 bits per heavy atom. The van der Waals surface area contributed by atoms with Gasteiger partial charge in [-0.05, 0) is 57.7 Å². The van der Waals surface area contributed by atoms with Crippen LogP contribution in [0.1, 0.15) is 35.1 Å². The number of nitrogens with zero attached hydrogens (tertiary/aromatic N) is 2. The van der Waals surface area contributed by atoms with Gasteiger partial charge < -0.3 is 5.32 Å². The third kappa shape index (κ3) is 2.95. The molecule has 0 aliphatic carbocycles. The summed E-state index contributed by atoms with van der Waals surface area (Å²) in [6, 6.07) is 15.3. The number of hydrogen-bond donors (Lipinski definition) is 1. The Morgan fingerprint density at radius 2 is 1.80 bits per heavy atom. The lowest BCUT2D eigenvalue weighted by molar-refractivity contribution is 0.779. The molecule has 1 aromatic heterocycles. The molecule has 4 rings (SSSR count). The summed E-state index contributed by atoms with van der Waals surface area (Å²) in [5.41, 5.74) is 8.65. The predicted octanol–water partition coefficient (Wildman–Crippen LogP) is 5.21. The van der Waals surface area contributed by atoms with Gasteiger partial charge in [0.05, 0.1) is 11.4 Å². The van der Waals surface area contributed by atoms with Crippen LogP contribution in [-0.2, 0) is 6.42 Å². The molecule has 1 N–H and O–H groups in total. The van der Waals surface area contributed by atoms with Crippen molar-refractivity contribution in [3.8, 4) is 16.9 Å². The maximum atomic E-state index is 5.06. The molecule has 2 aromatic carbocycles. The minimum atomic E-state index is 1.01. The normalized spacial score (nSPS) is 13.9. The molecule has 0 fully saturated rings. The zero-order chi connectivity index (χ0) is 17.4. The molecule has 0 saturated heterocycles. The second kappa shape index (κ2) is 6.40. The van der Waals surface area contributed by atoms with Gasteiger partial charge in [0, 0.05) is 17.7 Å². The van der Waals surface area contributed by atoms with E-state index in [4.69, 9.17) is 5.10 Å². The van der Waals surface area contributed by atoms with E-state index in [-0.39, 0.29) is 0 Å². The van der Waals surface area contributed by atoms with Crippen molar-refractivity contribution in [2.24, 2.45) is 0 Å². The first-order valence-electron chi connectivity index (χ1n) is 9.14. The quantitative estimate of drug-likeness (QED) is 0.698. The molecule has 3 aromatic rings. The second-order valence-electron chi connectivity index (χ2n) is 7.13. The molecule has 1 aliphatic heterocycles. The molecular formula is C22H25N3. The molecule has 1 aliphatic rings. The number of fused-ring (bicyclic) bond motifs is 1. The molecule has 0 saturated carbocycles. The average Bonchev–Trinajstić information content (AvgIpc) is 2.77. The highest BCUT2D eigenvalue weighted by Crippen LogP contribution is 2.34. The summed E-state index contributed by atoms with van der Waals surface area (Å²) in [7, 11) is 0. The zero-order valence-corrected chi connectivity index (χ0v) is 15.3. The van der Waals surface area contributed by atoms with Gasteiger partial charge in [0.25, 0.3) is 0 Å². The largest absolute Gasteiger partial charge is 0.370 e. The van der Waals surface area contributed by atoms with E-state index in [1.54, 1.807) is 0 Å². The van der Waals surface area contributed by atoms with E-state index in [9.17, 15) is 0 Å². The van der Waals surface area contributed by atoms with Crippen molar-refractivity contribution in [2.45, 2.75) is 40.0 Å². The molecule has 3 heteroatoms. The Hall–Kier alpha value is -2.55. The number of hydrogen-bond acceptors (Lipinski definition) is 2. The van der Waals surface area contributed by atoms with Gasteiger partial charge in [-0.15, -0.1) is 0 Å². The fourth-order valence-corrected chi connectivity index (χ4v) is 3.74. The first kappa shape index (κ1) is 15.9. The highest BCUT2D eigenvalue weighted by atomic mass is 15.3. The summed E-state index contributed by atoms with van der Waals surface area (Å²) in [4.78, 5) is 0. The van der Waals surface area contributed by atoms with Crippen molar-refractivity contribution in [3.63, 3.8) is 0 Å². The second-order valence-corrected chi connectivity index (χ2v) is 7.13. The summed E-state index contributed by atoms with van der Waals surface area (Å²) >= 11 is 0. The van der Waals surface area contributed by atoms with Crippen LogP contribution >= 0.6 is 0 Å². The molecule has 25 heavy (non-hydrogen) atoms. The lowest BCUT2D eigenvalue weighted by atomic mass is 10.0. The van der Waals surface area contributed by atoms with Crippen LogP contribution in [0, 0.1) is 20.8 Å². The Morgan fingerprint density at radius 1 is 0.960 bits per heavy atom. The molecular weight excluding hydrogens is 306 g/mol. The van der Waals surface area contributed by atoms with Gasteiger partial charge >= 0.3 is 0 Å². The Balaban J connectivity index is 1.93. The van der Waals surface area contributed by atoms with Crippen molar-refractivity contribution < 1.29 is 0 Å². The predicted molar refractivity (Wildman–Crippen MR) is 105 cm³/mol. The molecule has 0 amide bonds. The fraction of sp³-hybridized carbons (Fsp3) is 0.318. The highest BCUT2D eigenvalue weighted by Gasteiger charge is 2.22. The number of aromatic nitrogens is 2. The smallest absolute Gasteiger partial charge is 0.133 e. The number of nitrogens with one attached hydrogen (secondary N) is 1. The first-order valence-corrected chi connectivity index (χ1v) is 9.14. The van der Waals surface area contributed by atoms with Crippen LogP contribution in [0.25, 0.3) is 16.9 Å². The lowest BCUT2D eigenvalue weighted by Crippen LogP contribution is -2.08. The summed E-state index contributed by atoms with van der Waals surface area (Å²) in [5.74, 6) is 1.17. The monoisotopic (exact) mass is 331 g/mol. The molecule has 2 heterocycles. The maximum Gasteiger partial charge on any atom is 0.133 e. The standard InChI is InChI=1S/C22H25N3/c1-15-7-6-8-18(14-15)21-19-9-4-5-12-23-22(19)25(24-21)20-11-10-16(2)13-17(20)3/h6-8,10-11,13-14,23H,4-5,9,12H2,1-3H3.